The van der Waals surface area contributed by atoms with Gasteiger partial charge in [-0.1, -0.05) is 23.7 Å². The summed E-state index contributed by atoms with van der Waals surface area (Å²) >= 11 is 5.96. The quantitative estimate of drug-likeness (QED) is 0.714. The maximum Gasteiger partial charge on any atom is 0.182 e. The molecule has 0 saturated heterocycles. The first-order chi connectivity index (χ1) is 9.72. The molecule has 0 radical (unpaired) electrons. The summed E-state index contributed by atoms with van der Waals surface area (Å²) in [5.74, 6) is 0.148. The first-order valence-corrected chi connectivity index (χ1v) is 6.32. The third-order valence-electron chi connectivity index (χ3n) is 2.78. The number of benzene rings is 2. The van der Waals surface area contributed by atoms with Crippen LogP contribution < -0.4 is 0 Å². The average Bonchev–Trinajstić information content (AvgIpc) is 2.48. The zero-order chi connectivity index (χ0) is 13.9. The molecule has 5 heteroatoms. The van der Waals surface area contributed by atoms with Crippen molar-refractivity contribution in [2.24, 2.45) is 0 Å². The molecule has 0 aliphatic heterocycles. The minimum atomic E-state index is -0.298. The van der Waals surface area contributed by atoms with Crippen molar-refractivity contribution in [3.63, 3.8) is 0 Å². The van der Waals surface area contributed by atoms with Crippen molar-refractivity contribution in [1.82, 2.24) is 15.2 Å². The van der Waals surface area contributed by atoms with Crippen molar-refractivity contribution in [1.29, 1.82) is 0 Å². The van der Waals surface area contributed by atoms with Crippen molar-refractivity contribution in [3.05, 3.63) is 65.6 Å². The lowest BCUT2D eigenvalue weighted by atomic mass is 10.1. The molecule has 1 aromatic heterocycles. The van der Waals surface area contributed by atoms with E-state index in [0.29, 0.717) is 22.1 Å². The van der Waals surface area contributed by atoms with E-state index in [1.54, 1.807) is 30.5 Å². The van der Waals surface area contributed by atoms with Crippen LogP contribution in [-0.4, -0.2) is 15.2 Å². The third kappa shape index (κ3) is 2.65. The van der Waals surface area contributed by atoms with Crippen molar-refractivity contribution in [2.45, 2.75) is 0 Å². The number of aromatic nitrogens is 3. The highest BCUT2D eigenvalue weighted by molar-refractivity contribution is 6.30. The van der Waals surface area contributed by atoms with E-state index in [4.69, 9.17) is 11.6 Å². The van der Waals surface area contributed by atoms with Gasteiger partial charge in [0.2, 0.25) is 0 Å². The Morgan fingerprint density at radius 2 is 1.75 bits per heavy atom. The van der Waals surface area contributed by atoms with E-state index in [1.807, 2.05) is 12.1 Å². The standard InChI is InChI=1S/C15H9ClFN3/c16-12-3-1-2-11(8-12)14-9-18-20-15(19-14)10-4-6-13(17)7-5-10/h1-9H. The molecule has 0 fully saturated rings. The van der Waals surface area contributed by atoms with Gasteiger partial charge in [-0.05, 0) is 36.4 Å². The Hall–Kier alpha value is -2.33. The molecule has 0 unspecified atom stereocenters. The second kappa shape index (κ2) is 5.35. The van der Waals surface area contributed by atoms with Crippen LogP contribution in [0.5, 0.6) is 0 Å². The number of nitrogens with zero attached hydrogens (tertiary/aromatic N) is 3. The van der Waals surface area contributed by atoms with Crippen LogP contribution in [0.1, 0.15) is 0 Å². The molecule has 0 spiro atoms. The number of rotatable bonds is 2. The maximum atomic E-state index is 12.9. The Kier molecular flexibility index (Phi) is 3.39. The topological polar surface area (TPSA) is 38.7 Å². The van der Waals surface area contributed by atoms with E-state index in [2.05, 4.69) is 15.2 Å². The molecule has 3 aromatic rings. The summed E-state index contributed by atoms with van der Waals surface area (Å²) in [5.41, 5.74) is 2.24. The van der Waals surface area contributed by atoms with Gasteiger partial charge in [-0.3, -0.25) is 0 Å². The molecule has 98 valence electrons. The lowest BCUT2D eigenvalue weighted by Gasteiger charge is -2.03. The average molecular weight is 286 g/mol. The number of hydrogen-bond acceptors (Lipinski definition) is 3. The van der Waals surface area contributed by atoms with Gasteiger partial charge in [-0.25, -0.2) is 9.37 Å². The Balaban J connectivity index is 2.03. The summed E-state index contributed by atoms with van der Waals surface area (Å²) in [4.78, 5) is 4.43. The summed E-state index contributed by atoms with van der Waals surface area (Å²) in [5, 5.41) is 8.54. The van der Waals surface area contributed by atoms with Crippen LogP contribution in [0.4, 0.5) is 4.39 Å². The highest BCUT2D eigenvalue weighted by Gasteiger charge is 2.06. The predicted octanol–water partition coefficient (Wildman–Crippen LogP) is 4.00. The van der Waals surface area contributed by atoms with Crippen LogP contribution in [0.2, 0.25) is 5.02 Å². The van der Waals surface area contributed by atoms with E-state index in [9.17, 15) is 4.39 Å². The lowest BCUT2D eigenvalue weighted by molar-refractivity contribution is 0.628. The summed E-state index contributed by atoms with van der Waals surface area (Å²) < 4.78 is 12.9. The van der Waals surface area contributed by atoms with Crippen molar-refractivity contribution < 1.29 is 4.39 Å². The molecule has 20 heavy (non-hydrogen) atoms. The second-order valence-corrected chi connectivity index (χ2v) is 4.62. The Morgan fingerprint density at radius 3 is 2.50 bits per heavy atom. The van der Waals surface area contributed by atoms with E-state index >= 15 is 0 Å². The first-order valence-electron chi connectivity index (χ1n) is 5.94. The molecule has 3 nitrogen and oxygen atoms in total. The van der Waals surface area contributed by atoms with Crippen LogP contribution in [0.3, 0.4) is 0 Å². The monoisotopic (exact) mass is 285 g/mol. The van der Waals surface area contributed by atoms with Gasteiger partial charge >= 0.3 is 0 Å². The Morgan fingerprint density at radius 1 is 0.950 bits per heavy atom. The summed E-state index contributed by atoms with van der Waals surface area (Å²) in [6.45, 7) is 0. The molecule has 0 aliphatic rings. The largest absolute Gasteiger partial charge is 0.225 e. The van der Waals surface area contributed by atoms with Crippen LogP contribution in [0.25, 0.3) is 22.6 Å². The lowest BCUT2D eigenvalue weighted by Crippen LogP contribution is -1.94. The molecule has 0 amide bonds. The van der Waals surface area contributed by atoms with Gasteiger partial charge in [0.25, 0.3) is 0 Å². The van der Waals surface area contributed by atoms with Crippen molar-refractivity contribution in [3.8, 4) is 22.6 Å². The van der Waals surface area contributed by atoms with Gasteiger partial charge in [0, 0.05) is 16.1 Å². The zero-order valence-electron chi connectivity index (χ0n) is 10.3. The van der Waals surface area contributed by atoms with Gasteiger partial charge < -0.3 is 0 Å². The fourth-order valence-corrected chi connectivity index (χ4v) is 2.00. The smallest absolute Gasteiger partial charge is 0.182 e. The molecule has 1 heterocycles. The highest BCUT2D eigenvalue weighted by Crippen LogP contribution is 2.22. The van der Waals surface area contributed by atoms with Crippen LogP contribution in [0, 0.1) is 5.82 Å². The third-order valence-corrected chi connectivity index (χ3v) is 3.02. The van der Waals surface area contributed by atoms with Gasteiger partial charge in [0.1, 0.15) is 5.82 Å². The molecular formula is C15H9ClFN3. The molecule has 0 bridgehead atoms. The van der Waals surface area contributed by atoms with E-state index < -0.39 is 0 Å². The summed E-state index contributed by atoms with van der Waals surface area (Å²) in [6, 6.07) is 13.3. The van der Waals surface area contributed by atoms with Crippen LogP contribution in [-0.2, 0) is 0 Å². The molecule has 2 aromatic carbocycles. The molecular weight excluding hydrogens is 277 g/mol. The number of hydrogen-bond donors (Lipinski definition) is 0. The zero-order valence-corrected chi connectivity index (χ0v) is 11.0. The van der Waals surface area contributed by atoms with Crippen molar-refractivity contribution in [2.75, 3.05) is 0 Å². The van der Waals surface area contributed by atoms with Gasteiger partial charge in [-0.15, -0.1) is 5.10 Å². The van der Waals surface area contributed by atoms with Crippen LogP contribution >= 0.6 is 11.6 Å². The molecule has 0 saturated carbocycles. The predicted molar refractivity (Wildman–Crippen MR) is 75.7 cm³/mol. The minimum absolute atomic E-state index is 0.298. The number of halogens is 2. The second-order valence-electron chi connectivity index (χ2n) is 4.18. The van der Waals surface area contributed by atoms with E-state index in [1.165, 1.54) is 12.1 Å². The van der Waals surface area contributed by atoms with Gasteiger partial charge in [-0.2, -0.15) is 5.10 Å². The van der Waals surface area contributed by atoms with Gasteiger partial charge in [0.05, 0.1) is 11.9 Å². The van der Waals surface area contributed by atoms with E-state index in [0.717, 1.165) is 5.56 Å². The van der Waals surface area contributed by atoms with Crippen molar-refractivity contribution >= 4 is 11.6 Å². The highest BCUT2D eigenvalue weighted by atomic mass is 35.5. The van der Waals surface area contributed by atoms with E-state index in [-0.39, 0.29) is 5.82 Å². The SMILES string of the molecule is Fc1ccc(-c2nncc(-c3cccc(Cl)c3)n2)cc1. The maximum absolute atomic E-state index is 12.9. The molecule has 0 atom stereocenters. The minimum Gasteiger partial charge on any atom is -0.225 e. The van der Waals surface area contributed by atoms with Gasteiger partial charge in [0.15, 0.2) is 5.82 Å². The molecule has 3 rings (SSSR count). The summed E-state index contributed by atoms with van der Waals surface area (Å²) in [7, 11) is 0. The normalized spacial score (nSPS) is 10.5. The molecule has 0 aliphatic carbocycles. The molecule has 0 N–H and O–H groups in total. The Labute approximate surface area is 120 Å². The first kappa shape index (κ1) is 12.7. The fraction of sp³-hybridized carbons (Fsp3) is 0. The summed E-state index contributed by atoms with van der Waals surface area (Å²) in [6.07, 6.45) is 1.57. The fourth-order valence-electron chi connectivity index (χ4n) is 1.81. The Bertz CT molecular complexity index is 744. The van der Waals surface area contributed by atoms with Crippen LogP contribution in [0.15, 0.2) is 54.7 Å².